The second kappa shape index (κ2) is 17.9. The molecule has 17 heteroatoms. The fourth-order valence-corrected chi connectivity index (χ4v) is 4.46. The zero-order valence-electron chi connectivity index (χ0n) is 23.4. The molecule has 2 aromatic carbocycles. The number of amides is 1. The first-order chi connectivity index (χ1) is 20.3. The van der Waals surface area contributed by atoms with E-state index >= 15 is 0 Å². The van der Waals surface area contributed by atoms with Crippen molar-refractivity contribution in [2.24, 2.45) is 0 Å². The molecular weight excluding hydrogens is 621 g/mol. The zero-order chi connectivity index (χ0) is 32.1. The zero-order valence-corrected chi connectivity index (χ0v) is 24.8. The van der Waals surface area contributed by atoms with Gasteiger partial charge >= 0.3 is 29.8 Å². The third-order valence-corrected chi connectivity index (χ3v) is 5.95. The van der Waals surface area contributed by atoms with Gasteiger partial charge in [0.1, 0.15) is 32.7 Å². The summed E-state index contributed by atoms with van der Waals surface area (Å²) in [5.74, 6) is -7.37. The van der Waals surface area contributed by atoms with Gasteiger partial charge in [-0.3, -0.25) is 24.0 Å². The molecule has 44 heavy (non-hydrogen) atoms. The fourth-order valence-electron chi connectivity index (χ4n) is 4.46. The van der Waals surface area contributed by atoms with Crippen molar-refractivity contribution in [1.82, 2.24) is 0 Å². The quantitative estimate of drug-likeness (QED) is 0.134. The van der Waals surface area contributed by atoms with E-state index in [0.717, 1.165) is 9.80 Å². The van der Waals surface area contributed by atoms with Crippen LogP contribution in [0.2, 0.25) is 0 Å². The molecule has 6 N–H and O–H groups in total. The number of nitrogens with zero attached hydrogens (tertiary/aromatic N) is 4. The van der Waals surface area contributed by atoms with E-state index in [9.17, 15) is 54.3 Å². The number of hydrogen-bond acceptors (Lipinski definition) is 10. The van der Waals surface area contributed by atoms with Gasteiger partial charge in [0.25, 0.3) is 0 Å². The molecule has 237 valence electrons. The van der Waals surface area contributed by atoms with Gasteiger partial charge in [0.05, 0.1) is 35.2 Å². The van der Waals surface area contributed by atoms with Crippen LogP contribution in [0.4, 0.5) is 22.7 Å². The smallest absolute Gasteiger partial charge is 0.323 e. The molecule has 0 spiro atoms. The summed E-state index contributed by atoms with van der Waals surface area (Å²) in [5, 5.41) is 47.1. The van der Waals surface area contributed by atoms with Crippen LogP contribution in [0.5, 0.6) is 0 Å². The summed E-state index contributed by atoms with van der Waals surface area (Å²) in [4.78, 5) is 74.4. The number of anilines is 4. The van der Waals surface area contributed by atoms with Gasteiger partial charge in [-0.15, -0.1) is 0 Å². The van der Waals surface area contributed by atoms with Gasteiger partial charge in [-0.25, -0.2) is 0 Å². The van der Waals surface area contributed by atoms with Gasteiger partial charge in [0, 0.05) is 31.6 Å². The molecule has 0 fully saturated rings. The summed E-state index contributed by atoms with van der Waals surface area (Å²) in [6.45, 7) is -3.57. The molecule has 1 radical (unpaired) electrons. The first-order valence-corrected chi connectivity index (χ1v) is 12.8. The van der Waals surface area contributed by atoms with E-state index in [4.69, 9.17) is 5.73 Å². The number of para-hydroxylation sites is 4. The van der Waals surface area contributed by atoms with Crippen LogP contribution in [0.1, 0.15) is 6.42 Å². The normalized spacial score (nSPS) is 10.2. The molecule has 0 saturated carbocycles. The SMILES string of the molecule is [NH-]C(=O)CN(CC(=O)O)c1ccccc1N(CCCN(CC(=O)O)c1ccccc1N(CC(=O)O)CC(=O)O)CC(=O)O.[V]. The Kier molecular flexibility index (Phi) is 15.1. The monoisotopic (exact) mass is 653 g/mol. The maximum atomic E-state index is 11.8. The maximum Gasteiger partial charge on any atom is 0.323 e. The molecule has 2 aromatic rings. The first kappa shape index (κ1) is 37.1. The minimum atomic E-state index is -1.30. The van der Waals surface area contributed by atoms with Crippen molar-refractivity contribution in [3.8, 4) is 0 Å². The largest absolute Gasteiger partial charge is 0.666 e. The summed E-state index contributed by atoms with van der Waals surface area (Å²) in [5.41, 5.74) is 8.20. The number of carbonyl (C=O) groups is 6. The standard InChI is InChI=1S/C27H33N5O11.V/c28-22(33)12-31(15-25(38)39)20-8-3-1-6-18(20)29(13-23(34)35)10-5-11-30(14-24(36)37)19-7-2-4-9-21(19)32(16-26(40)41)17-27(42)43;/h1-4,6-9H,5,10-17H2,(H7,28,33,34,35,36,37,38,39,40,41,42,43);/p-1. The number of carbonyl (C=O) groups excluding carboxylic acids is 1. The van der Waals surface area contributed by atoms with Crippen molar-refractivity contribution in [2.45, 2.75) is 6.42 Å². The number of hydrogen-bond donors (Lipinski definition) is 5. The molecular formula is C27H32N5O11V-. The summed E-state index contributed by atoms with van der Waals surface area (Å²) >= 11 is 0. The fraction of sp³-hybridized carbons (Fsp3) is 0.333. The maximum absolute atomic E-state index is 11.8. The Balaban J connectivity index is 0.00000968. The number of aliphatic carboxylic acids is 5. The Morgan fingerprint density at radius 2 is 0.727 bits per heavy atom. The Labute approximate surface area is 263 Å². The molecule has 0 aliphatic rings. The van der Waals surface area contributed by atoms with Crippen LogP contribution in [-0.4, -0.2) is 114 Å². The Hall–Kier alpha value is -4.96. The van der Waals surface area contributed by atoms with Crippen molar-refractivity contribution in [1.29, 1.82) is 0 Å². The number of benzene rings is 2. The molecule has 2 rings (SSSR count). The van der Waals surface area contributed by atoms with E-state index in [0.29, 0.717) is 0 Å². The van der Waals surface area contributed by atoms with Gasteiger partial charge in [0.15, 0.2) is 0 Å². The van der Waals surface area contributed by atoms with Crippen LogP contribution in [0.25, 0.3) is 5.73 Å². The second-order valence-electron chi connectivity index (χ2n) is 9.28. The Morgan fingerprint density at radius 3 is 1.00 bits per heavy atom. The van der Waals surface area contributed by atoms with Gasteiger partial charge in [-0.2, -0.15) is 0 Å². The Bertz CT molecular complexity index is 1210. The summed E-state index contributed by atoms with van der Waals surface area (Å²) in [7, 11) is 0. The minimum absolute atomic E-state index is 0. The summed E-state index contributed by atoms with van der Waals surface area (Å²) in [6, 6.07) is 12.3. The molecule has 1 amide bonds. The molecule has 0 saturated heterocycles. The predicted molar refractivity (Wildman–Crippen MR) is 154 cm³/mol. The molecule has 0 unspecified atom stereocenters. The Morgan fingerprint density at radius 1 is 0.477 bits per heavy atom. The van der Waals surface area contributed by atoms with Crippen LogP contribution in [0, 0.1) is 0 Å². The molecule has 0 aliphatic carbocycles. The van der Waals surface area contributed by atoms with Gasteiger partial charge in [-0.1, -0.05) is 24.3 Å². The van der Waals surface area contributed by atoms with Gasteiger partial charge in [0.2, 0.25) is 0 Å². The second-order valence-corrected chi connectivity index (χ2v) is 9.28. The molecule has 0 heterocycles. The average Bonchev–Trinajstić information content (AvgIpc) is 2.89. The summed E-state index contributed by atoms with van der Waals surface area (Å²) in [6.07, 6.45) is 0.150. The third-order valence-electron chi connectivity index (χ3n) is 5.95. The van der Waals surface area contributed by atoms with Crippen molar-refractivity contribution < 1.29 is 72.9 Å². The van der Waals surface area contributed by atoms with E-state index in [1.54, 1.807) is 24.3 Å². The summed E-state index contributed by atoms with van der Waals surface area (Å²) < 4.78 is 0. The molecule has 0 bridgehead atoms. The van der Waals surface area contributed by atoms with Crippen LogP contribution >= 0.6 is 0 Å². The average molecular weight is 654 g/mol. The van der Waals surface area contributed by atoms with Gasteiger partial charge < -0.3 is 55.7 Å². The van der Waals surface area contributed by atoms with Crippen LogP contribution in [-0.2, 0) is 47.3 Å². The van der Waals surface area contributed by atoms with Crippen LogP contribution < -0.4 is 19.6 Å². The van der Waals surface area contributed by atoms with Crippen molar-refractivity contribution >= 4 is 58.5 Å². The molecule has 0 aliphatic heterocycles. The molecule has 0 atom stereocenters. The third kappa shape index (κ3) is 12.1. The van der Waals surface area contributed by atoms with E-state index in [1.807, 2.05) is 0 Å². The first-order valence-electron chi connectivity index (χ1n) is 12.8. The van der Waals surface area contributed by atoms with Crippen molar-refractivity contribution in [3.05, 3.63) is 54.3 Å². The van der Waals surface area contributed by atoms with E-state index < -0.39 is 75.0 Å². The number of nitrogens with one attached hydrogen (secondary N) is 1. The molecule has 0 aromatic heterocycles. The number of carboxylic acids is 5. The number of carboxylic acid groups (broad SMARTS) is 5. The van der Waals surface area contributed by atoms with E-state index in [-0.39, 0.29) is 60.8 Å². The predicted octanol–water partition coefficient (Wildman–Crippen LogP) is 1.00. The topological polar surface area (TPSA) is 240 Å². The van der Waals surface area contributed by atoms with Crippen molar-refractivity contribution in [3.63, 3.8) is 0 Å². The minimum Gasteiger partial charge on any atom is -0.666 e. The number of rotatable bonds is 20. The van der Waals surface area contributed by atoms with Gasteiger partial charge in [-0.05, 0) is 30.7 Å². The van der Waals surface area contributed by atoms with E-state index in [2.05, 4.69) is 0 Å². The van der Waals surface area contributed by atoms with E-state index in [1.165, 1.54) is 34.1 Å². The van der Waals surface area contributed by atoms with Crippen LogP contribution in [0.15, 0.2) is 48.5 Å². The van der Waals surface area contributed by atoms with Crippen molar-refractivity contribution in [2.75, 3.05) is 72.0 Å². The molecule has 16 nitrogen and oxygen atoms in total. The van der Waals surface area contributed by atoms with Crippen LogP contribution in [0.3, 0.4) is 0 Å².